The summed E-state index contributed by atoms with van der Waals surface area (Å²) in [6.07, 6.45) is 4.05. The number of hydrogen-bond acceptors (Lipinski definition) is 2. The predicted molar refractivity (Wildman–Crippen MR) is 46.4 cm³/mol. The zero-order chi connectivity index (χ0) is 6.43. The fourth-order valence-electron chi connectivity index (χ4n) is 2.21. The standard InChI is InChI=1S/C7H12S2/c8-6-2-4-1-5(6)3-7(4)9/h4-9H,1-3H2. The van der Waals surface area contributed by atoms with E-state index in [1.807, 2.05) is 0 Å². The molecule has 4 unspecified atom stereocenters. The van der Waals surface area contributed by atoms with E-state index in [-0.39, 0.29) is 0 Å². The van der Waals surface area contributed by atoms with Crippen molar-refractivity contribution in [2.75, 3.05) is 0 Å². The van der Waals surface area contributed by atoms with Crippen LogP contribution in [0.2, 0.25) is 0 Å². The molecule has 0 saturated heterocycles. The molecule has 52 valence electrons. The van der Waals surface area contributed by atoms with E-state index in [2.05, 4.69) is 25.3 Å². The van der Waals surface area contributed by atoms with Gasteiger partial charge in [-0.25, -0.2) is 0 Å². The summed E-state index contributed by atoms with van der Waals surface area (Å²) in [5.74, 6) is 1.81. The Hall–Kier alpha value is 0.700. The molecule has 0 spiro atoms. The summed E-state index contributed by atoms with van der Waals surface area (Å²) >= 11 is 9.01. The van der Waals surface area contributed by atoms with Crippen molar-refractivity contribution < 1.29 is 0 Å². The van der Waals surface area contributed by atoms with Crippen LogP contribution in [0.25, 0.3) is 0 Å². The summed E-state index contributed by atoms with van der Waals surface area (Å²) in [6.45, 7) is 0. The molecule has 2 heteroatoms. The Morgan fingerprint density at radius 3 is 1.44 bits per heavy atom. The molecule has 0 N–H and O–H groups in total. The SMILES string of the molecule is SC1CC2CC1CC2S. The van der Waals surface area contributed by atoms with Crippen molar-refractivity contribution in [2.24, 2.45) is 11.8 Å². The number of thiol groups is 2. The van der Waals surface area contributed by atoms with Crippen LogP contribution in [-0.4, -0.2) is 10.5 Å². The Morgan fingerprint density at radius 2 is 1.22 bits per heavy atom. The molecule has 2 fully saturated rings. The van der Waals surface area contributed by atoms with Crippen molar-refractivity contribution in [3.63, 3.8) is 0 Å². The van der Waals surface area contributed by atoms with Crippen LogP contribution in [0.3, 0.4) is 0 Å². The van der Waals surface area contributed by atoms with Crippen molar-refractivity contribution in [3.8, 4) is 0 Å². The van der Waals surface area contributed by atoms with Crippen LogP contribution in [0.4, 0.5) is 0 Å². The molecule has 0 aromatic carbocycles. The quantitative estimate of drug-likeness (QED) is 0.498. The molecule has 0 aromatic rings. The van der Waals surface area contributed by atoms with E-state index in [1.54, 1.807) is 0 Å². The van der Waals surface area contributed by atoms with Crippen LogP contribution in [0, 0.1) is 11.8 Å². The molecular formula is C7H12S2. The van der Waals surface area contributed by atoms with Crippen LogP contribution in [0.5, 0.6) is 0 Å². The van der Waals surface area contributed by atoms with E-state index in [0.29, 0.717) is 10.5 Å². The zero-order valence-corrected chi connectivity index (χ0v) is 7.11. The molecular weight excluding hydrogens is 148 g/mol. The molecule has 4 atom stereocenters. The van der Waals surface area contributed by atoms with Crippen molar-refractivity contribution in [3.05, 3.63) is 0 Å². The molecule has 2 aliphatic rings. The maximum absolute atomic E-state index is 4.50. The van der Waals surface area contributed by atoms with Gasteiger partial charge < -0.3 is 0 Å². The molecule has 0 heterocycles. The summed E-state index contributed by atoms with van der Waals surface area (Å²) in [5.41, 5.74) is 0. The molecule has 2 aliphatic carbocycles. The van der Waals surface area contributed by atoms with Gasteiger partial charge in [0.15, 0.2) is 0 Å². The monoisotopic (exact) mass is 160 g/mol. The summed E-state index contributed by atoms with van der Waals surface area (Å²) in [7, 11) is 0. The first kappa shape index (κ1) is 6.41. The van der Waals surface area contributed by atoms with E-state index in [1.165, 1.54) is 19.3 Å². The molecule has 2 saturated carbocycles. The van der Waals surface area contributed by atoms with E-state index in [0.717, 1.165) is 11.8 Å². The molecule has 9 heavy (non-hydrogen) atoms. The lowest BCUT2D eigenvalue weighted by atomic mass is 10.00. The Labute approximate surface area is 67.2 Å². The summed E-state index contributed by atoms with van der Waals surface area (Å²) in [4.78, 5) is 0. The highest BCUT2D eigenvalue weighted by Crippen LogP contribution is 2.48. The highest BCUT2D eigenvalue weighted by molar-refractivity contribution is 7.81. The van der Waals surface area contributed by atoms with Gasteiger partial charge >= 0.3 is 0 Å². The van der Waals surface area contributed by atoms with Crippen LogP contribution in [0.1, 0.15) is 19.3 Å². The molecule has 0 radical (unpaired) electrons. The lowest BCUT2D eigenvalue weighted by Gasteiger charge is -2.20. The molecule has 2 bridgehead atoms. The summed E-state index contributed by atoms with van der Waals surface area (Å²) < 4.78 is 0. The van der Waals surface area contributed by atoms with E-state index < -0.39 is 0 Å². The fourth-order valence-corrected chi connectivity index (χ4v) is 3.24. The lowest BCUT2D eigenvalue weighted by Crippen LogP contribution is -2.17. The van der Waals surface area contributed by atoms with E-state index in [9.17, 15) is 0 Å². The highest BCUT2D eigenvalue weighted by atomic mass is 32.1. The second-order valence-corrected chi connectivity index (χ2v) is 4.69. The van der Waals surface area contributed by atoms with Crippen LogP contribution in [0.15, 0.2) is 0 Å². The largest absolute Gasteiger partial charge is 0.176 e. The van der Waals surface area contributed by atoms with Gasteiger partial charge in [0, 0.05) is 10.5 Å². The van der Waals surface area contributed by atoms with Gasteiger partial charge in [0.05, 0.1) is 0 Å². The normalized spacial score (nSPS) is 56.7. The van der Waals surface area contributed by atoms with E-state index >= 15 is 0 Å². The Balaban J connectivity index is 2.10. The number of rotatable bonds is 0. The Morgan fingerprint density at radius 1 is 0.778 bits per heavy atom. The van der Waals surface area contributed by atoms with Crippen molar-refractivity contribution in [2.45, 2.75) is 29.8 Å². The minimum absolute atomic E-state index is 0.707. The van der Waals surface area contributed by atoms with Crippen molar-refractivity contribution in [1.82, 2.24) is 0 Å². The maximum atomic E-state index is 4.50. The molecule has 0 amide bonds. The predicted octanol–water partition coefficient (Wildman–Crippen LogP) is 2.01. The molecule has 2 rings (SSSR count). The van der Waals surface area contributed by atoms with Crippen LogP contribution >= 0.6 is 25.3 Å². The third-order valence-corrected chi connectivity index (χ3v) is 4.05. The number of fused-ring (bicyclic) bond motifs is 2. The van der Waals surface area contributed by atoms with Gasteiger partial charge in [-0.2, -0.15) is 25.3 Å². The average Bonchev–Trinajstić information content (AvgIpc) is 2.24. The first-order valence-corrected chi connectivity index (χ1v) is 4.67. The minimum atomic E-state index is 0.707. The van der Waals surface area contributed by atoms with Crippen LogP contribution in [-0.2, 0) is 0 Å². The highest BCUT2D eigenvalue weighted by Gasteiger charge is 2.42. The molecule has 0 aromatic heterocycles. The van der Waals surface area contributed by atoms with Gasteiger partial charge in [0.2, 0.25) is 0 Å². The third-order valence-electron chi connectivity index (χ3n) is 2.78. The first-order chi connectivity index (χ1) is 4.27. The molecule has 0 nitrogen and oxygen atoms in total. The average molecular weight is 160 g/mol. The van der Waals surface area contributed by atoms with Gasteiger partial charge in [-0.05, 0) is 31.1 Å². The van der Waals surface area contributed by atoms with Gasteiger partial charge in [-0.1, -0.05) is 0 Å². The smallest absolute Gasteiger partial charge is 0.00486 e. The minimum Gasteiger partial charge on any atom is -0.176 e. The lowest BCUT2D eigenvalue weighted by molar-refractivity contribution is 0.508. The second kappa shape index (κ2) is 2.09. The van der Waals surface area contributed by atoms with Crippen LogP contribution < -0.4 is 0 Å². The number of hydrogen-bond donors (Lipinski definition) is 2. The Bertz CT molecular complexity index is 106. The first-order valence-electron chi connectivity index (χ1n) is 3.63. The molecule has 0 aliphatic heterocycles. The summed E-state index contributed by atoms with van der Waals surface area (Å²) in [5, 5.41) is 1.41. The topological polar surface area (TPSA) is 0 Å². The van der Waals surface area contributed by atoms with E-state index in [4.69, 9.17) is 0 Å². The third kappa shape index (κ3) is 0.911. The Kier molecular flexibility index (Phi) is 1.49. The fraction of sp³-hybridized carbons (Fsp3) is 1.00. The van der Waals surface area contributed by atoms with Gasteiger partial charge in [-0.3, -0.25) is 0 Å². The maximum Gasteiger partial charge on any atom is 0.00486 e. The van der Waals surface area contributed by atoms with Gasteiger partial charge in [0.1, 0.15) is 0 Å². The summed E-state index contributed by atoms with van der Waals surface area (Å²) in [6, 6.07) is 0. The zero-order valence-electron chi connectivity index (χ0n) is 5.33. The van der Waals surface area contributed by atoms with Crippen molar-refractivity contribution in [1.29, 1.82) is 0 Å². The van der Waals surface area contributed by atoms with Crippen molar-refractivity contribution >= 4 is 25.3 Å². The van der Waals surface area contributed by atoms with Gasteiger partial charge in [0.25, 0.3) is 0 Å². The second-order valence-electron chi connectivity index (χ2n) is 3.36. The van der Waals surface area contributed by atoms with Gasteiger partial charge in [-0.15, -0.1) is 0 Å².